The van der Waals surface area contributed by atoms with Gasteiger partial charge in [0.25, 0.3) is 0 Å². The van der Waals surface area contributed by atoms with Crippen LogP contribution in [0.1, 0.15) is 29.7 Å². The Kier molecular flexibility index (Phi) is 3.84. The maximum Gasteiger partial charge on any atom is 0.126 e. The Morgan fingerprint density at radius 1 is 1.00 bits per heavy atom. The summed E-state index contributed by atoms with van der Waals surface area (Å²) in [5.74, 6) is -0.494. The minimum Gasteiger partial charge on any atom is -0.378 e. The number of halogens is 2. The zero-order chi connectivity index (χ0) is 14.0. The number of nitrogens with one attached hydrogen (secondary N) is 1. The fourth-order valence-electron chi connectivity index (χ4n) is 2.03. The van der Waals surface area contributed by atoms with Crippen molar-refractivity contribution in [3.63, 3.8) is 0 Å². The van der Waals surface area contributed by atoms with Crippen LogP contribution in [0.25, 0.3) is 0 Å². The van der Waals surface area contributed by atoms with Gasteiger partial charge in [0, 0.05) is 11.7 Å². The monoisotopic (exact) mass is 261 g/mol. The summed E-state index contributed by atoms with van der Waals surface area (Å²) in [6.45, 7) is 5.49. The number of aryl methyl sites for hydroxylation is 2. The van der Waals surface area contributed by atoms with Crippen LogP contribution in [0.3, 0.4) is 0 Å². The molecule has 0 aliphatic carbocycles. The SMILES string of the molecule is Cc1cc(F)cc(NC(C)c2ccc(C)c(F)c2)c1. The minimum absolute atomic E-state index is 0.0868. The third-order valence-electron chi connectivity index (χ3n) is 3.12. The predicted molar refractivity (Wildman–Crippen MR) is 74.3 cm³/mol. The van der Waals surface area contributed by atoms with E-state index in [1.165, 1.54) is 18.2 Å². The molecule has 0 fully saturated rings. The lowest BCUT2D eigenvalue weighted by Gasteiger charge is -2.17. The van der Waals surface area contributed by atoms with Gasteiger partial charge in [-0.25, -0.2) is 8.78 Å². The van der Waals surface area contributed by atoms with Gasteiger partial charge in [-0.3, -0.25) is 0 Å². The van der Waals surface area contributed by atoms with Gasteiger partial charge in [-0.1, -0.05) is 12.1 Å². The summed E-state index contributed by atoms with van der Waals surface area (Å²) in [7, 11) is 0. The number of hydrogen-bond acceptors (Lipinski definition) is 1. The van der Waals surface area contributed by atoms with Crippen LogP contribution in [-0.2, 0) is 0 Å². The smallest absolute Gasteiger partial charge is 0.126 e. The van der Waals surface area contributed by atoms with Crippen LogP contribution >= 0.6 is 0 Å². The van der Waals surface area contributed by atoms with E-state index in [1.807, 2.05) is 26.0 Å². The molecular formula is C16H17F2N. The largest absolute Gasteiger partial charge is 0.378 e. The van der Waals surface area contributed by atoms with Crippen molar-refractivity contribution in [3.05, 3.63) is 64.7 Å². The Balaban J connectivity index is 2.20. The molecule has 2 aromatic carbocycles. The lowest BCUT2D eigenvalue weighted by molar-refractivity contribution is 0.614. The van der Waals surface area contributed by atoms with Crippen LogP contribution in [0.5, 0.6) is 0 Å². The standard InChI is InChI=1S/C16H17F2N/c1-10-6-14(17)9-15(7-10)19-12(3)13-5-4-11(2)16(18)8-13/h4-9,12,19H,1-3H3. The summed E-state index contributed by atoms with van der Waals surface area (Å²) in [6.07, 6.45) is 0. The van der Waals surface area contributed by atoms with Crippen molar-refractivity contribution in [2.45, 2.75) is 26.8 Å². The highest BCUT2D eigenvalue weighted by atomic mass is 19.1. The van der Waals surface area contributed by atoms with Crippen LogP contribution < -0.4 is 5.32 Å². The van der Waals surface area contributed by atoms with Gasteiger partial charge in [-0.2, -0.15) is 0 Å². The van der Waals surface area contributed by atoms with Gasteiger partial charge >= 0.3 is 0 Å². The molecule has 0 aliphatic rings. The number of anilines is 1. The number of rotatable bonds is 3. The fourth-order valence-corrected chi connectivity index (χ4v) is 2.03. The zero-order valence-corrected chi connectivity index (χ0v) is 11.3. The molecule has 1 unspecified atom stereocenters. The topological polar surface area (TPSA) is 12.0 Å². The van der Waals surface area contributed by atoms with Gasteiger partial charge in [-0.05, 0) is 61.7 Å². The molecule has 19 heavy (non-hydrogen) atoms. The Hall–Kier alpha value is -1.90. The van der Waals surface area contributed by atoms with Gasteiger partial charge in [0.05, 0.1) is 0 Å². The van der Waals surface area contributed by atoms with E-state index in [9.17, 15) is 8.78 Å². The van der Waals surface area contributed by atoms with E-state index in [1.54, 1.807) is 13.0 Å². The summed E-state index contributed by atoms with van der Waals surface area (Å²) < 4.78 is 26.8. The third-order valence-corrected chi connectivity index (χ3v) is 3.12. The van der Waals surface area contributed by atoms with Crippen molar-refractivity contribution in [2.75, 3.05) is 5.32 Å². The molecule has 0 aromatic heterocycles. The van der Waals surface area contributed by atoms with Crippen LogP contribution in [0.2, 0.25) is 0 Å². The van der Waals surface area contributed by atoms with Crippen molar-refractivity contribution >= 4 is 5.69 Å². The first kappa shape index (κ1) is 13.5. The lowest BCUT2D eigenvalue weighted by atomic mass is 10.1. The molecule has 0 amide bonds. The fraction of sp³-hybridized carbons (Fsp3) is 0.250. The summed E-state index contributed by atoms with van der Waals surface area (Å²) >= 11 is 0. The second-order valence-corrected chi connectivity index (χ2v) is 4.89. The second kappa shape index (κ2) is 5.39. The molecule has 2 rings (SSSR count). The lowest BCUT2D eigenvalue weighted by Crippen LogP contribution is -2.07. The Labute approximate surface area is 112 Å². The van der Waals surface area contributed by atoms with E-state index in [0.29, 0.717) is 11.3 Å². The summed E-state index contributed by atoms with van der Waals surface area (Å²) in [4.78, 5) is 0. The summed E-state index contributed by atoms with van der Waals surface area (Å²) in [5, 5.41) is 3.18. The van der Waals surface area contributed by atoms with E-state index in [4.69, 9.17) is 0 Å². The highest BCUT2D eigenvalue weighted by Gasteiger charge is 2.08. The average molecular weight is 261 g/mol. The van der Waals surface area contributed by atoms with Gasteiger partial charge in [0.15, 0.2) is 0 Å². The maximum absolute atomic E-state index is 13.5. The zero-order valence-electron chi connectivity index (χ0n) is 11.3. The Bertz CT molecular complexity index is 573. The van der Waals surface area contributed by atoms with Crippen molar-refractivity contribution in [1.82, 2.24) is 0 Å². The van der Waals surface area contributed by atoms with Gasteiger partial charge < -0.3 is 5.32 Å². The van der Waals surface area contributed by atoms with Gasteiger partial charge in [0.2, 0.25) is 0 Å². The highest BCUT2D eigenvalue weighted by Crippen LogP contribution is 2.22. The van der Waals surface area contributed by atoms with Gasteiger partial charge in [-0.15, -0.1) is 0 Å². The molecule has 3 heteroatoms. The molecule has 0 aliphatic heterocycles. The van der Waals surface area contributed by atoms with Gasteiger partial charge in [0.1, 0.15) is 11.6 Å². The van der Waals surface area contributed by atoms with Crippen molar-refractivity contribution in [1.29, 1.82) is 0 Å². The summed E-state index contributed by atoms with van der Waals surface area (Å²) in [5.41, 5.74) is 3.01. The Morgan fingerprint density at radius 2 is 1.74 bits per heavy atom. The van der Waals surface area contributed by atoms with E-state index >= 15 is 0 Å². The van der Waals surface area contributed by atoms with Crippen LogP contribution in [0.4, 0.5) is 14.5 Å². The van der Waals surface area contributed by atoms with Crippen molar-refractivity contribution in [3.8, 4) is 0 Å². The normalized spacial score (nSPS) is 12.3. The first-order valence-electron chi connectivity index (χ1n) is 6.25. The molecule has 1 N–H and O–H groups in total. The minimum atomic E-state index is -0.273. The van der Waals surface area contributed by atoms with E-state index in [0.717, 1.165) is 11.1 Å². The van der Waals surface area contributed by atoms with Crippen LogP contribution in [0, 0.1) is 25.5 Å². The number of hydrogen-bond donors (Lipinski definition) is 1. The van der Waals surface area contributed by atoms with E-state index in [2.05, 4.69) is 5.32 Å². The number of benzene rings is 2. The molecule has 2 aromatic rings. The van der Waals surface area contributed by atoms with Crippen LogP contribution in [0.15, 0.2) is 36.4 Å². The Morgan fingerprint density at radius 3 is 2.37 bits per heavy atom. The summed E-state index contributed by atoms with van der Waals surface area (Å²) in [6, 6.07) is 9.83. The first-order valence-corrected chi connectivity index (χ1v) is 6.25. The molecule has 0 radical (unpaired) electrons. The van der Waals surface area contributed by atoms with E-state index < -0.39 is 0 Å². The quantitative estimate of drug-likeness (QED) is 0.840. The molecule has 1 atom stereocenters. The van der Waals surface area contributed by atoms with Crippen molar-refractivity contribution < 1.29 is 8.78 Å². The second-order valence-electron chi connectivity index (χ2n) is 4.89. The van der Waals surface area contributed by atoms with E-state index in [-0.39, 0.29) is 17.7 Å². The van der Waals surface area contributed by atoms with Crippen molar-refractivity contribution in [2.24, 2.45) is 0 Å². The van der Waals surface area contributed by atoms with Crippen LogP contribution in [-0.4, -0.2) is 0 Å². The molecule has 1 nitrogen and oxygen atoms in total. The maximum atomic E-state index is 13.5. The molecular weight excluding hydrogens is 244 g/mol. The highest BCUT2D eigenvalue weighted by molar-refractivity contribution is 5.48. The molecule has 0 spiro atoms. The molecule has 100 valence electrons. The first-order chi connectivity index (χ1) is 8.95. The predicted octanol–water partition coefficient (Wildman–Crippen LogP) is 4.75. The molecule has 0 bridgehead atoms. The molecule has 0 saturated carbocycles. The third kappa shape index (κ3) is 3.31. The molecule has 0 heterocycles. The average Bonchev–Trinajstić information content (AvgIpc) is 2.31. The molecule has 0 saturated heterocycles.